The van der Waals surface area contributed by atoms with Crippen LogP contribution in [0.4, 0.5) is 11.6 Å². The van der Waals surface area contributed by atoms with Gasteiger partial charge in [0.15, 0.2) is 0 Å². The molecule has 19 heavy (non-hydrogen) atoms. The van der Waals surface area contributed by atoms with Crippen molar-refractivity contribution in [2.24, 2.45) is 5.92 Å². The van der Waals surface area contributed by atoms with Gasteiger partial charge < -0.3 is 15.5 Å². The molecule has 5 nitrogen and oxygen atoms in total. The largest absolute Gasteiger partial charge is 0.382 e. The summed E-state index contributed by atoms with van der Waals surface area (Å²) in [6.45, 7) is 6.06. The lowest BCUT2D eigenvalue weighted by atomic mass is 9.96. The normalized spacial score (nSPS) is 22.0. The number of nitrogen functional groups attached to an aromatic ring is 1. The van der Waals surface area contributed by atoms with E-state index in [1.54, 1.807) is 6.20 Å². The molecular formula is C14H23N5. The minimum Gasteiger partial charge on any atom is -0.382 e. The summed E-state index contributed by atoms with van der Waals surface area (Å²) >= 11 is 0. The van der Waals surface area contributed by atoms with Crippen LogP contribution in [0.25, 0.3) is 0 Å². The van der Waals surface area contributed by atoms with Gasteiger partial charge >= 0.3 is 0 Å². The molecule has 3 rings (SSSR count). The third-order valence-corrected chi connectivity index (χ3v) is 4.29. The Morgan fingerprint density at radius 3 is 2.53 bits per heavy atom. The van der Waals surface area contributed by atoms with Crippen molar-refractivity contribution < 1.29 is 0 Å². The van der Waals surface area contributed by atoms with Crippen molar-refractivity contribution in [3.8, 4) is 0 Å². The fourth-order valence-corrected chi connectivity index (χ4v) is 3.20. The fourth-order valence-electron chi connectivity index (χ4n) is 3.20. The zero-order valence-corrected chi connectivity index (χ0v) is 11.5. The highest BCUT2D eigenvalue weighted by atomic mass is 15.2. The molecule has 0 amide bonds. The van der Waals surface area contributed by atoms with Gasteiger partial charge in [-0.2, -0.15) is 0 Å². The molecule has 0 aliphatic carbocycles. The van der Waals surface area contributed by atoms with Gasteiger partial charge in [-0.25, -0.2) is 4.98 Å². The van der Waals surface area contributed by atoms with E-state index in [0.717, 1.165) is 24.8 Å². The molecule has 0 spiro atoms. The maximum absolute atomic E-state index is 5.69. The monoisotopic (exact) mass is 261 g/mol. The smallest absolute Gasteiger partial charge is 0.149 e. The van der Waals surface area contributed by atoms with E-state index in [0.29, 0.717) is 5.82 Å². The molecule has 0 atom stereocenters. The van der Waals surface area contributed by atoms with Crippen LogP contribution in [0.15, 0.2) is 12.4 Å². The predicted molar refractivity (Wildman–Crippen MR) is 77.1 cm³/mol. The molecule has 0 unspecified atom stereocenters. The van der Waals surface area contributed by atoms with Crippen molar-refractivity contribution in [3.05, 3.63) is 12.4 Å². The lowest BCUT2D eigenvalue weighted by Crippen LogP contribution is -2.38. The standard InChI is InChI=1S/C14H23N5/c15-13-9-16-10-14(17-13)19-7-3-12(4-8-19)11-18-5-1-2-6-18/h9-10,12H,1-8,11H2,(H2,15,17). The number of piperidine rings is 1. The van der Waals surface area contributed by atoms with Gasteiger partial charge in [-0.1, -0.05) is 0 Å². The second-order valence-electron chi connectivity index (χ2n) is 5.74. The van der Waals surface area contributed by atoms with Gasteiger partial charge in [-0.3, -0.25) is 4.98 Å². The van der Waals surface area contributed by atoms with Crippen LogP contribution >= 0.6 is 0 Å². The van der Waals surface area contributed by atoms with E-state index in [-0.39, 0.29) is 0 Å². The van der Waals surface area contributed by atoms with Crippen LogP contribution in [-0.4, -0.2) is 47.6 Å². The Morgan fingerprint density at radius 1 is 1.11 bits per heavy atom. The third kappa shape index (κ3) is 3.15. The molecule has 0 bridgehead atoms. The van der Waals surface area contributed by atoms with Gasteiger partial charge in [-0.05, 0) is 44.7 Å². The van der Waals surface area contributed by atoms with E-state index in [9.17, 15) is 0 Å². The quantitative estimate of drug-likeness (QED) is 0.890. The Morgan fingerprint density at radius 2 is 1.84 bits per heavy atom. The van der Waals surface area contributed by atoms with E-state index in [4.69, 9.17) is 5.73 Å². The average Bonchev–Trinajstić information content (AvgIpc) is 2.92. The first-order chi connectivity index (χ1) is 9.31. The summed E-state index contributed by atoms with van der Waals surface area (Å²) in [7, 11) is 0. The second-order valence-corrected chi connectivity index (χ2v) is 5.74. The number of anilines is 2. The first-order valence-corrected chi connectivity index (χ1v) is 7.36. The Balaban J connectivity index is 1.51. The highest BCUT2D eigenvalue weighted by molar-refractivity contribution is 5.41. The van der Waals surface area contributed by atoms with Gasteiger partial charge in [0.25, 0.3) is 0 Å². The Labute approximate surface area is 114 Å². The molecule has 0 radical (unpaired) electrons. The number of nitrogens with zero attached hydrogens (tertiary/aromatic N) is 4. The van der Waals surface area contributed by atoms with Crippen LogP contribution in [0.5, 0.6) is 0 Å². The van der Waals surface area contributed by atoms with Crippen molar-refractivity contribution >= 4 is 11.6 Å². The van der Waals surface area contributed by atoms with E-state index in [1.165, 1.54) is 45.3 Å². The van der Waals surface area contributed by atoms with Crippen LogP contribution in [0, 0.1) is 5.92 Å². The highest BCUT2D eigenvalue weighted by Crippen LogP contribution is 2.23. The third-order valence-electron chi connectivity index (χ3n) is 4.29. The topological polar surface area (TPSA) is 58.3 Å². The predicted octanol–water partition coefficient (Wildman–Crippen LogP) is 1.37. The second kappa shape index (κ2) is 5.74. The minimum atomic E-state index is 0.511. The van der Waals surface area contributed by atoms with Crippen LogP contribution < -0.4 is 10.6 Å². The number of hydrogen-bond acceptors (Lipinski definition) is 5. The molecule has 104 valence electrons. The maximum Gasteiger partial charge on any atom is 0.149 e. The summed E-state index contributed by atoms with van der Waals surface area (Å²) in [5.74, 6) is 2.29. The average molecular weight is 261 g/mol. The molecule has 0 saturated carbocycles. The lowest BCUT2D eigenvalue weighted by molar-refractivity contribution is 0.249. The van der Waals surface area contributed by atoms with E-state index in [2.05, 4.69) is 19.8 Å². The number of likely N-dealkylation sites (tertiary alicyclic amines) is 1. The molecule has 2 fully saturated rings. The lowest BCUT2D eigenvalue weighted by Gasteiger charge is -2.34. The van der Waals surface area contributed by atoms with Crippen LogP contribution in [0.2, 0.25) is 0 Å². The van der Waals surface area contributed by atoms with E-state index < -0.39 is 0 Å². The molecule has 3 heterocycles. The highest BCUT2D eigenvalue weighted by Gasteiger charge is 2.23. The molecule has 2 aliphatic heterocycles. The Bertz CT molecular complexity index is 408. The number of aromatic nitrogens is 2. The number of hydrogen-bond donors (Lipinski definition) is 1. The number of rotatable bonds is 3. The Kier molecular flexibility index (Phi) is 3.82. The first-order valence-electron chi connectivity index (χ1n) is 7.36. The van der Waals surface area contributed by atoms with Crippen molar-refractivity contribution in [2.75, 3.05) is 43.4 Å². The zero-order chi connectivity index (χ0) is 13.1. The van der Waals surface area contributed by atoms with E-state index in [1.807, 2.05) is 6.20 Å². The molecule has 1 aromatic rings. The summed E-state index contributed by atoms with van der Waals surface area (Å²) in [5.41, 5.74) is 5.69. The summed E-state index contributed by atoms with van der Waals surface area (Å²) in [6.07, 6.45) is 8.70. The summed E-state index contributed by atoms with van der Waals surface area (Å²) in [5, 5.41) is 0. The molecular weight excluding hydrogens is 238 g/mol. The maximum atomic E-state index is 5.69. The molecule has 2 aliphatic rings. The first kappa shape index (κ1) is 12.7. The van der Waals surface area contributed by atoms with E-state index >= 15 is 0 Å². The molecule has 1 aromatic heterocycles. The van der Waals surface area contributed by atoms with Crippen molar-refractivity contribution in [2.45, 2.75) is 25.7 Å². The van der Waals surface area contributed by atoms with Crippen molar-refractivity contribution in [3.63, 3.8) is 0 Å². The van der Waals surface area contributed by atoms with Gasteiger partial charge in [-0.15, -0.1) is 0 Å². The van der Waals surface area contributed by atoms with Gasteiger partial charge in [0.1, 0.15) is 11.6 Å². The molecule has 0 aromatic carbocycles. The van der Waals surface area contributed by atoms with Gasteiger partial charge in [0.2, 0.25) is 0 Å². The van der Waals surface area contributed by atoms with Crippen molar-refractivity contribution in [1.82, 2.24) is 14.9 Å². The van der Waals surface area contributed by atoms with Gasteiger partial charge in [0, 0.05) is 19.6 Å². The number of nitrogens with two attached hydrogens (primary N) is 1. The SMILES string of the molecule is Nc1cncc(N2CCC(CN3CCCC3)CC2)n1. The van der Waals surface area contributed by atoms with Crippen molar-refractivity contribution in [1.29, 1.82) is 0 Å². The Hall–Kier alpha value is -1.36. The zero-order valence-electron chi connectivity index (χ0n) is 11.5. The van der Waals surface area contributed by atoms with Crippen LogP contribution in [0.1, 0.15) is 25.7 Å². The molecule has 5 heteroatoms. The molecule has 2 saturated heterocycles. The fraction of sp³-hybridized carbons (Fsp3) is 0.714. The molecule has 2 N–H and O–H groups in total. The summed E-state index contributed by atoms with van der Waals surface area (Å²) < 4.78 is 0. The summed E-state index contributed by atoms with van der Waals surface area (Å²) in [4.78, 5) is 13.4. The van der Waals surface area contributed by atoms with Crippen LogP contribution in [0.3, 0.4) is 0 Å². The summed E-state index contributed by atoms with van der Waals surface area (Å²) in [6, 6.07) is 0. The van der Waals surface area contributed by atoms with Crippen LogP contribution in [-0.2, 0) is 0 Å². The minimum absolute atomic E-state index is 0.511. The van der Waals surface area contributed by atoms with Gasteiger partial charge in [0.05, 0.1) is 12.4 Å².